The van der Waals surface area contributed by atoms with Gasteiger partial charge in [0.25, 0.3) is 0 Å². The second-order valence-electron chi connectivity index (χ2n) is 5.20. The van der Waals surface area contributed by atoms with E-state index in [9.17, 15) is 5.11 Å². The van der Waals surface area contributed by atoms with Crippen molar-refractivity contribution in [2.45, 2.75) is 51.9 Å². The van der Waals surface area contributed by atoms with Gasteiger partial charge >= 0.3 is 0 Å². The van der Waals surface area contributed by atoms with Crippen LogP contribution in [0.4, 0.5) is 0 Å². The quantitative estimate of drug-likeness (QED) is 0.503. The van der Waals surface area contributed by atoms with Gasteiger partial charge in [0.1, 0.15) is 0 Å². The molecule has 0 saturated heterocycles. The van der Waals surface area contributed by atoms with Gasteiger partial charge in [0, 0.05) is 19.7 Å². The third-order valence-corrected chi connectivity index (χ3v) is 3.37. The number of unbranched alkanes of at least 4 members (excludes halogenated alkanes) is 5. The molecular weight excluding hydrogens is 222 g/mol. The molecule has 0 heterocycles. The van der Waals surface area contributed by atoms with Crippen molar-refractivity contribution in [2.75, 3.05) is 14.1 Å². The Morgan fingerprint density at radius 1 is 1.11 bits per heavy atom. The normalized spacial score (nSPS) is 16.9. The second-order valence-corrected chi connectivity index (χ2v) is 5.20. The second kappa shape index (κ2) is 8.02. The lowest BCUT2D eigenvalue weighted by atomic mass is 10.0. The monoisotopic (exact) mass is 249 g/mol. The van der Waals surface area contributed by atoms with Crippen molar-refractivity contribution in [3.05, 3.63) is 35.3 Å². The summed E-state index contributed by atoms with van der Waals surface area (Å²) >= 11 is 0. The summed E-state index contributed by atoms with van der Waals surface area (Å²) < 4.78 is 0. The minimum atomic E-state index is 0.376. The van der Waals surface area contributed by atoms with Gasteiger partial charge < -0.3 is 10.0 Å². The van der Waals surface area contributed by atoms with Crippen LogP contribution in [0.5, 0.6) is 0 Å². The Morgan fingerprint density at radius 2 is 1.78 bits per heavy atom. The molecule has 102 valence electrons. The van der Waals surface area contributed by atoms with Gasteiger partial charge in [0.15, 0.2) is 5.88 Å². The molecule has 2 nitrogen and oxygen atoms in total. The Kier molecular flexibility index (Phi) is 6.63. The van der Waals surface area contributed by atoms with Crippen LogP contribution < -0.4 is 0 Å². The van der Waals surface area contributed by atoms with Gasteiger partial charge in [-0.25, -0.2) is 0 Å². The summed E-state index contributed by atoms with van der Waals surface area (Å²) in [7, 11) is 3.74. The van der Waals surface area contributed by atoms with Gasteiger partial charge in [-0.2, -0.15) is 0 Å². The van der Waals surface area contributed by atoms with Gasteiger partial charge in [-0.3, -0.25) is 0 Å². The molecule has 0 saturated carbocycles. The SMILES string of the molecule is CCCCCCCCC1=CC=C/C1=C(/O)N(C)C. The minimum Gasteiger partial charge on any atom is -0.494 e. The summed E-state index contributed by atoms with van der Waals surface area (Å²) in [5.74, 6) is 0.376. The first-order valence-electron chi connectivity index (χ1n) is 7.15. The molecule has 1 rings (SSSR count). The summed E-state index contributed by atoms with van der Waals surface area (Å²) in [6, 6.07) is 0. The number of hydrogen-bond acceptors (Lipinski definition) is 2. The van der Waals surface area contributed by atoms with E-state index >= 15 is 0 Å². The summed E-state index contributed by atoms with van der Waals surface area (Å²) in [6.45, 7) is 2.25. The zero-order valence-corrected chi connectivity index (χ0v) is 12.1. The van der Waals surface area contributed by atoms with E-state index < -0.39 is 0 Å². The molecule has 0 amide bonds. The number of hydrogen-bond donors (Lipinski definition) is 1. The lowest BCUT2D eigenvalue weighted by Crippen LogP contribution is -2.13. The van der Waals surface area contributed by atoms with E-state index in [1.54, 1.807) is 4.90 Å². The fraction of sp³-hybridized carbons (Fsp3) is 0.625. The highest BCUT2D eigenvalue weighted by Gasteiger charge is 2.13. The highest BCUT2D eigenvalue weighted by molar-refractivity contribution is 5.49. The maximum absolute atomic E-state index is 9.98. The number of aliphatic hydroxyl groups is 1. The molecule has 18 heavy (non-hydrogen) atoms. The molecule has 2 heteroatoms. The van der Waals surface area contributed by atoms with Crippen LogP contribution in [0.3, 0.4) is 0 Å². The van der Waals surface area contributed by atoms with Crippen LogP contribution in [-0.2, 0) is 0 Å². The van der Waals surface area contributed by atoms with E-state index in [4.69, 9.17) is 0 Å². The van der Waals surface area contributed by atoms with Crippen LogP contribution >= 0.6 is 0 Å². The molecule has 0 fully saturated rings. The van der Waals surface area contributed by atoms with Gasteiger partial charge in [-0.15, -0.1) is 0 Å². The third kappa shape index (κ3) is 4.59. The predicted octanol–water partition coefficient (Wildman–Crippen LogP) is 4.56. The topological polar surface area (TPSA) is 23.5 Å². The first-order chi connectivity index (χ1) is 8.66. The van der Waals surface area contributed by atoms with Crippen LogP contribution in [-0.4, -0.2) is 24.1 Å². The van der Waals surface area contributed by atoms with Gasteiger partial charge in [0.2, 0.25) is 0 Å². The van der Waals surface area contributed by atoms with E-state index in [0.29, 0.717) is 5.88 Å². The fourth-order valence-corrected chi connectivity index (χ4v) is 2.23. The van der Waals surface area contributed by atoms with Crippen molar-refractivity contribution >= 4 is 0 Å². The molecule has 0 bridgehead atoms. The number of nitrogens with zero attached hydrogens (tertiary/aromatic N) is 1. The molecule has 0 aromatic carbocycles. The van der Waals surface area contributed by atoms with Gasteiger partial charge in [0.05, 0.1) is 0 Å². The summed E-state index contributed by atoms with van der Waals surface area (Å²) in [5.41, 5.74) is 2.27. The molecule has 1 aliphatic carbocycles. The maximum Gasteiger partial charge on any atom is 0.194 e. The summed E-state index contributed by atoms with van der Waals surface area (Å²) in [4.78, 5) is 1.76. The lowest BCUT2D eigenvalue weighted by Gasteiger charge is -2.15. The van der Waals surface area contributed by atoms with E-state index in [-0.39, 0.29) is 0 Å². The zero-order valence-electron chi connectivity index (χ0n) is 12.1. The highest BCUT2D eigenvalue weighted by Crippen LogP contribution is 2.26. The Morgan fingerprint density at radius 3 is 2.44 bits per heavy atom. The molecule has 0 radical (unpaired) electrons. The molecule has 1 N–H and O–H groups in total. The molecule has 0 aromatic heterocycles. The Balaban J connectivity index is 2.33. The zero-order chi connectivity index (χ0) is 13.4. The van der Waals surface area contributed by atoms with E-state index in [0.717, 1.165) is 12.0 Å². The summed E-state index contributed by atoms with van der Waals surface area (Å²) in [5, 5.41) is 9.98. The van der Waals surface area contributed by atoms with E-state index in [1.165, 1.54) is 44.1 Å². The molecule has 1 aliphatic rings. The largest absolute Gasteiger partial charge is 0.494 e. The van der Waals surface area contributed by atoms with E-state index in [1.807, 2.05) is 26.2 Å². The number of aliphatic hydroxyl groups excluding tert-OH is 1. The third-order valence-electron chi connectivity index (χ3n) is 3.37. The van der Waals surface area contributed by atoms with Crippen LogP contribution in [0.15, 0.2) is 35.3 Å². The highest BCUT2D eigenvalue weighted by atomic mass is 16.3. The molecular formula is C16H27NO. The van der Waals surface area contributed by atoms with Crippen molar-refractivity contribution in [2.24, 2.45) is 0 Å². The van der Waals surface area contributed by atoms with Crippen LogP contribution in [0.2, 0.25) is 0 Å². The van der Waals surface area contributed by atoms with Crippen molar-refractivity contribution < 1.29 is 5.11 Å². The van der Waals surface area contributed by atoms with Crippen molar-refractivity contribution in [3.8, 4) is 0 Å². The standard InChI is InChI=1S/C16H27NO/c1-4-5-6-7-8-9-11-14-12-10-13-15(14)16(18)17(2)3/h10,12-13,18H,4-9,11H2,1-3H3/b16-15-. The maximum atomic E-state index is 9.98. The van der Waals surface area contributed by atoms with Gasteiger partial charge in [-0.05, 0) is 24.5 Å². The average molecular weight is 249 g/mol. The van der Waals surface area contributed by atoms with E-state index in [2.05, 4.69) is 13.0 Å². The molecule has 0 unspecified atom stereocenters. The van der Waals surface area contributed by atoms with Crippen molar-refractivity contribution in [1.82, 2.24) is 4.90 Å². The first-order valence-corrected chi connectivity index (χ1v) is 7.15. The molecule has 0 spiro atoms. The Bertz CT molecular complexity index is 337. The lowest BCUT2D eigenvalue weighted by molar-refractivity contribution is 0.260. The Hall–Kier alpha value is -1.18. The Labute approximate surface area is 112 Å². The van der Waals surface area contributed by atoms with Crippen molar-refractivity contribution in [3.63, 3.8) is 0 Å². The first kappa shape index (κ1) is 14.9. The number of allylic oxidation sites excluding steroid dienone is 5. The summed E-state index contributed by atoms with van der Waals surface area (Å²) in [6.07, 6.45) is 15.1. The van der Waals surface area contributed by atoms with Crippen LogP contribution in [0.1, 0.15) is 51.9 Å². The fourth-order valence-electron chi connectivity index (χ4n) is 2.23. The van der Waals surface area contributed by atoms with Gasteiger partial charge in [-0.1, -0.05) is 51.2 Å². The molecule has 0 atom stereocenters. The molecule has 0 aromatic rings. The minimum absolute atomic E-state index is 0.376. The van der Waals surface area contributed by atoms with Crippen molar-refractivity contribution in [1.29, 1.82) is 0 Å². The predicted molar refractivity (Wildman–Crippen MR) is 78.6 cm³/mol. The number of rotatable bonds is 8. The van der Waals surface area contributed by atoms with Crippen LogP contribution in [0.25, 0.3) is 0 Å². The van der Waals surface area contributed by atoms with Crippen LogP contribution in [0, 0.1) is 0 Å². The average Bonchev–Trinajstić information content (AvgIpc) is 2.80. The smallest absolute Gasteiger partial charge is 0.194 e. The molecule has 0 aliphatic heterocycles.